The van der Waals surface area contributed by atoms with E-state index >= 15 is 0 Å². The van der Waals surface area contributed by atoms with Crippen molar-refractivity contribution in [1.82, 2.24) is 0 Å². The zero-order chi connectivity index (χ0) is 17.6. The van der Waals surface area contributed by atoms with Gasteiger partial charge in [0.15, 0.2) is 0 Å². The predicted molar refractivity (Wildman–Crippen MR) is 98.5 cm³/mol. The molecule has 0 fully saturated rings. The van der Waals surface area contributed by atoms with Crippen LogP contribution in [0.25, 0.3) is 0 Å². The van der Waals surface area contributed by atoms with Gasteiger partial charge in [-0.15, -0.1) is 0 Å². The average Bonchev–Trinajstić information content (AvgIpc) is 2.10. The van der Waals surface area contributed by atoms with Crippen molar-refractivity contribution >= 4 is 0 Å². The van der Waals surface area contributed by atoms with E-state index in [-0.39, 0.29) is 31.1 Å². The van der Waals surface area contributed by atoms with Crippen LogP contribution in [0.1, 0.15) is 41.5 Å². The van der Waals surface area contributed by atoms with Gasteiger partial charge in [-0.25, -0.2) is 0 Å². The second kappa shape index (κ2) is 20.1. The molecule has 0 amide bonds. The summed E-state index contributed by atoms with van der Waals surface area (Å²) in [4.78, 5) is 0. The standard InChI is InChI=1S/3C7H11.U/c3*1-6(2)5-7(3)4;/h3*5H,1,3H2,2,4H3;. The molecule has 0 heterocycles. The topological polar surface area (TPSA) is 0 Å². The predicted octanol–water partition coefficient (Wildman–Crippen LogP) is 6.14. The van der Waals surface area contributed by atoms with Crippen molar-refractivity contribution in [3.05, 3.63) is 96.3 Å². The van der Waals surface area contributed by atoms with E-state index in [1.54, 1.807) is 0 Å². The van der Waals surface area contributed by atoms with Crippen LogP contribution in [0, 0.1) is 127 Å². The van der Waals surface area contributed by atoms with E-state index in [2.05, 4.69) is 41.5 Å². The molecule has 0 saturated heterocycles. The van der Waals surface area contributed by atoms with Gasteiger partial charge in [0.2, 0.25) is 0 Å². The second-order valence-electron chi connectivity index (χ2n) is 5.51. The first-order valence-electron chi connectivity index (χ1n) is 6.85. The molecule has 0 aliphatic heterocycles. The summed E-state index contributed by atoms with van der Waals surface area (Å²) in [6.45, 7) is 33.8. The minimum atomic E-state index is 0. The van der Waals surface area contributed by atoms with Crippen molar-refractivity contribution in [3.8, 4) is 0 Å². The first kappa shape index (κ1) is 30.9. The van der Waals surface area contributed by atoms with E-state index in [0.29, 0.717) is 0 Å². The molecule has 0 aromatic heterocycles. The van der Waals surface area contributed by atoms with E-state index in [0.717, 1.165) is 35.5 Å². The molecule has 1 heteroatoms. The van der Waals surface area contributed by atoms with Crippen LogP contribution >= 0.6 is 0 Å². The van der Waals surface area contributed by atoms with Crippen LogP contribution < -0.4 is 0 Å². The Bertz CT molecular complexity index is 127. The Morgan fingerprint density at radius 1 is 0.409 bits per heavy atom. The van der Waals surface area contributed by atoms with Crippen LogP contribution in [0.5, 0.6) is 0 Å². The fourth-order valence-electron chi connectivity index (χ4n) is 1.26. The van der Waals surface area contributed by atoms with Crippen molar-refractivity contribution < 1.29 is 31.1 Å². The summed E-state index contributed by atoms with van der Waals surface area (Å²) >= 11 is 0. The maximum atomic E-state index is 3.68. The van der Waals surface area contributed by atoms with Crippen molar-refractivity contribution in [1.29, 1.82) is 0 Å². The molecular formula is C21H33U. The van der Waals surface area contributed by atoms with E-state index in [1.807, 2.05) is 60.8 Å². The smallest absolute Gasteiger partial charge is 0 e. The third-order valence-electron chi connectivity index (χ3n) is 1.48. The molecule has 0 aromatic carbocycles. The zero-order valence-electron chi connectivity index (χ0n) is 15.5. The molecule has 121 valence electrons. The molecule has 0 bridgehead atoms. The summed E-state index contributed by atoms with van der Waals surface area (Å²) < 4.78 is 0. The molecule has 15 radical (unpaired) electrons. The van der Waals surface area contributed by atoms with Gasteiger partial charge in [-0.1, -0.05) is 41.5 Å². The summed E-state index contributed by atoms with van der Waals surface area (Å²) in [5.41, 5.74) is 0. The fraction of sp³-hybridized carbons (Fsp3) is 0.286. The van der Waals surface area contributed by atoms with Gasteiger partial charge in [0.25, 0.3) is 0 Å². The summed E-state index contributed by atoms with van der Waals surface area (Å²) in [6, 6.07) is 0. The van der Waals surface area contributed by atoms with Crippen molar-refractivity contribution in [2.75, 3.05) is 0 Å². The minimum absolute atomic E-state index is 0. The average molecular weight is 524 g/mol. The second-order valence-corrected chi connectivity index (χ2v) is 5.51. The van der Waals surface area contributed by atoms with Crippen LogP contribution in [0.4, 0.5) is 0 Å². The zero-order valence-corrected chi connectivity index (χ0v) is 19.6. The maximum absolute atomic E-state index is 3.68. The van der Waals surface area contributed by atoms with Gasteiger partial charge in [0.1, 0.15) is 0 Å². The molecule has 0 spiro atoms. The van der Waals surface area contributed by atoms with Crippen molar-refractivity contribution in [3.63, 3.8) is 0 Å². The summed E-state index contributed by atoms with van der Waals surface area (Å²) in [5, 5.41) is 0. The Hall–Kier alpha value is 1.05. The monoisotopic (exact) mass is 523 g/mol. The molecule has 22 heavy (non-hydrogen) atoms. The van der Waals surface area contributed by atoms with E-state index < -0.39 is 0 Å². The molecule has 0 aliphatic rings. The third-order valence-corrected chi connectivity index (χ3v) is 1.48. The molecule has 0 atom stereocenters. The van der Waals surface area contributed by atoms with Gasteiger partial charge in [-0.3, -0.25) is 0 Å². The maximum Gasteiger partial charge on any atom is 0 e. The van der Waals surface area contributed by atoms with E-state index in [9.17, 15) is 0 Å². The summed E-state index contributed by atoms with van der Waals surface area (Å²) in [7, 11) is 0. The summed E-state index contributed by atoms with van der Waals surface area (Å²) in [5.74, 6) is 6.38. The fourth-order valence-corrected chi connectivity index (χ4v) is 1.26. The Morgan fingerprint density at radius 3 is 0.500 bits per heavy atom. The van der Waals surface area contributed by atoms with E-state index in [1.165, 1.54) is 0 Å². The molecule has 0 aromatic rings. The van der Waals surface area contributed by atoms with Gasteiger partial charge in [-0.05, 0) is 96.3 Å². The molecule has 0 aliphatic carbocycles. The number of hydrogen-bond acceptors (Lipinski definition) is 0. The minimum Gasteiger partial charge on any atom is -0.0588 e. The van der Waals surface area contributed by atoms with Crippen LogP contribution in [0.3, 0.4) is 0 Å². The Morgan fingerprint density at radius 2 is 0.500 bits per heavy atom. The molecule has 0 rings (SSSR count). The molecule has 0 N–H and O–H groups in total. The van der Waals surface area contributed by atoms with Crippen molar-refractivity contribution in [2.24, 2.45) is 0 Å². The molecule has 0 unspecified atom stereocenters. The Kier molecular flexibility index (Phi) is 28.2. The quantitative estimate of drug-likeness (QED) is 0.392. The van der Waals surface area contributed by atoms with Crippen LogP contribution in [-0.4, -0.2) is 0 Å². The Labute approximate surface area is 168 Å². The van der Waals surface area contributed by atoms with Crippen LogP contribution in [-0.2, 0) is 0 Å². The molecule has 0 saturated carbocycles. The van der Waals surface area contributed by atoms with Crippen molar-refractivity contribution in [2.45, 2.75) is 41.5 Å². The van der Waals surface area contributed by atoms with Crippen LogP contribution in [0.15, 0.2) is 0 Å². The number of hydrogen-bond donors (Lipinski definition) is 0. The number of rotatable bonds is 6. The Balaban J connectivity index is -0.000000108. The molecule has 0 nitrogen and oxygen atoms in total. The van der Waals surface area contributed by atoms with Gasteiger partial charge < -0.3 is 0 Å². The largest absolute Gasteiger partial charge is 0.0588 e. The van der Waals surface area contributed by atoms with Gasteiger partial charge in [0.05, 0.1) is 0 Å². The first-order valence-corrected chi connectivity index (χ1v) is 6.85. The summed E-state index contributed by atoms with van der Waals surface area (Å²) in [6.07, 6.45) is 5.83. The molecular weight excluding hydrogens is 490 g/mol. The van der Waals surface area contributed by atoms with Gasteiger partial charge >= 0.3 is 0 Å². The normalized spacial score (nSPS) is 10.6. The van der Waals surface area contributed by atoms with Gasteiger partial charge in [-0.2, -0.15) is 0 Å². The van der Waals surface area contributed by atoms with E-state index in [4.69, 9.17) is 0 Å². The third kappa shape index (κ3) is 49.7. The first-order chi connectivity index (χ1) is 9.38. The SMILES string of the molecule is [CH2][C](C)[CH][C]([CH2])C.[CH2][C](C)[CH][C]([CH2])C.[CH2][C](C)[CH][C]([CH2])C.[U]. The van der Waals surface area contributed by atoms with Gasteiger partial charge in [0, 0.05) is 31.1 Å². The van der Waals surface area contributed by atoms with Crippen LogP contribution in [0.2, 0.25) is 0 Å².